The minimum Gasteiger partial charge on any atom is -0.371 e. The summed E-state index contributed by atoms with van der Waals surface area (Å²) in [4.78, 5) is 10.8. The van der Waals surface area contributed by atoms with Crippen molar-refractivity contribution in [2.75, 3.05) is 18.4 Å². The van der Waals surface area contributed by atoms with Gasteiger partial charge >= 0.3 is 0 Å². The van der Waals surface area contributed by atoms with Crippen LogP contribution in [0.1, 0.15) is 37.7 Å². The number of nitrogens with one attached hydrogen (secondary N) is 3. The number of amidine groups is 1. The molecule has 0 saturated heterocycles. The highest BCUT2D eigenvalue weighted by Gasteiger charge is 2.41. The molecule has 3 N–H and O–H groups in total. The van der Waals surface area contributed by atoms with Gasteiger partial charge in [-0.2, -0.15) is 0 Å². The topological polar surface area (TPSA) is 146 Å². The first-order chi connectivity index (χ1) is 16.1. The van der Waals surface area contributed by atoms with Gasteiger partial charge in [-0.25, -0.2) is 10.4 Å². The molecule has 170 valence electrons. The predicted molar refractivity (Wildman–Crippen MR) is 130 cm³/mol. The normalized spacial score (nSPS) is 17.9. The van der Waals surface area contributed by atoms with Gasteiger partial charge in [-0.1, -0.05) is 65.4 Å². The smallest absolute Gasteiger partial charge is 0.142 e. The highest BCUT2D eigenvalue weighted by atomic mass is 35.5. The largest absolute Gasteiger partial charge is 0.371 e. The van der Waals surface area contributed by atoms with Crippen LogP contribution in [0.25, 0.3) is 20.9 Å². The summed E-state index contributed by atoms with van der Waals surface area (Å²) < 4.78 is 0. The van der Waals surface area contributed by atoms with Gasteiger partial charge in [0.2, 0.25) is 0 Å². The standard InChI is InChI=1S/C22H25ClN10/c23-17-8-6-7-16(13-17)22(14-26-32-24,15-27-33-25)31-30-20-21(11-4-1-5-12-21)29-19-10-3-2-9-18(19)28-20/h2-3,6-10,13,29,31H,1,4-5,11-12,14-15H2,(H,28,30). The number of anilines is 1. The molecule has 10 nitrogen and oxygen atoms in total. The van der Waals surface area contributed by atoms with Gasteiger partial charge in [-0.05, 0) is 53.7 Å². The summed E-state index contributed by atoms with van der Waals surface area (Å²) in [5.74, 6) is 0.758. The molecular formula is C22H25ClN10. The third-order valence-corrected chi connectivity index (χ3v) is 6.51. The lowest BCUT2D eigenvalue weighted by molar-refractivity contribution is 0.318. The molecule has 2 aromatic rings. The van der Waals surface area contributed by atoms with E-state index in [1.54, 1.807) is 18.2 Å². The van der Waals surface area contributed by atoms with Crippen LogP contribution in [-0.4, -0.2) is 24.5 Å². The maximum Gasteiger partial charge on any atom is 0.142 e. The first kappa shape index (κ1) is 22.8. The fourth-order valence-electron chi connectivity index (χ4n) is 4.54. The van der Waals surface area contributed by atoms with Crippen LogP contribution in [0.5, 0.6) is 0 Å². The Morgan fingerprint density at radius 1 is 1.03 bits per heavy atom. The molecule has 1 aliphatic carbocycles. The van der Waals surface area contributed by atoms with E-state index in [1.165, 1.54) is 6.42 Å². The van der Waals surface area contributed by atoms with Crippen LogP contribution >= 0.6 is 11.6 Å². The molecule has 0 radical (unpaired) electrons. The molecule has 0 unspecified atom stereocenters. The maximum atomic E-state index is 9.03. The van der Waals surface area contributed by atoms with Gasteiger partial charge in [0.05, 0.1) is 35.5 Å². The van der Waals surface area contributed by atoms with E-state index >= 15 is 0 Å². The predicted octanol–water partition coefficient (Wildman–Crippen LogP) is 6.11. The summed E-state index contributed by atoms with van der Waals surface area (Å²) >= 11 is 6.25. The van der Waals surface area contributed by atoms with Gasteiger partial charge in [0, 0.05) is 14.8 Å². The first-order valence-electron chi connectivity index (χ1n) is 10.9. The van der Waals surface area contributed by atoms with Gasteiger partial charge in [-0.3, -0.25) is 0 Å². The van der Waals surface area contributed by atoms with Crippen LogP contribution in [0.15, 0.2) is 63.8 Å². The van der Waals surface area contributed by atoms with E-state index in [0.717, 1.165) is 48.5 Å². The Morgan fingerprint density at radius 2 is 1.76 bits per heavy atom. The summed E-state index contributed by atoms with van der Waals surface area (Å²) in [6, 6.07) is 15.1. The molecular weight excluding hydrogens is 440 g/mol. The fourth-order valence-corrected chi connectivity index (χ4v) is 4.73. The summed E-state index contributed by atoms with van der Waals surface area (Å²) in [6.07, 6.45) is 5.24. The van der Waals surface area contributed by atoms with Crippen molar-refractivity contribution in [3.05, 3.63) is 80.0 Å². The van der Waals surface area contributed by atoms with E-state index in [2.05, 4.69) is 36.2 Å². The van der Waals surface area contributed by atoms with Crippen molar-refractivity contribution in [1.29, 1.82) is 0 Å². The maximum absolute atomic E-state index is 9.03. The molecule has 0 amide bonds. The zero-order valence-electron chi connectivity index (χ0n) is 18.1. The van der Waals surface area contributed by atoms with Gasteiger partial charge in [0.1, 0.15) is 5.84 Å². The molecule has 1 fully saturated rings. The summed E-state index contributed by atoms with van der Waals surface area (Å²) in [6.45, 7) is 0.000313. The van der Waals surface area contributed by atoms with Crippen molar-refractivity contribution >= 4 is 28.8 Å². The third kappa shape index (κ3) is 4.84. The minimum atomic E-state index is -1.03. The second-order valence-corrected chi connectivity index (χ2v) is 8.80. The molecule has 0 atom stereocenters. The number of aliphatic imine (C=N–C) groups is 1. The lowest BCUT2D eigenvalue weighted by Gasteiger charge is -2.44. The van der Waals surface area contributed by atoms with Crippen molar-refractivity contribution in [2.45, 2.75) is 43.2 Å². The van der Waals surface area contributed by atoms with Gasteiger partial charge < -0.3 is 10.7 Å². The molecule has 1 saturated carbocycles. The summed E-state index contributed by atoms with van der Waals surface area (Å²) in [7, 11) is 0. The van der Waals surface area contributed by atoms with Crippen LogP contribution in [-0.2, 0) is 5.54 Å². The van der Waals surface area contributed by atoms with E-state index in [9.17, 15) is 0 Å². The number of halogens is 1. The Labute approximate surface area is 196 Å². The number of hydrogen-bond acceptors (Lipinski definition) is 6. The SMILES string of the molecule is [N-]=[N+]=NCC(CN=[N+]=[N-])(NNC1=Nc2ccccc2NC12CCCCC2)c1cccc(Cl)c1. The van der Waals surface area contributed by atoms with Crippen LogP contribution in [0.3, 0.4) is 0 Å². The molecule has 0 aromatic heterocycles. The van der Waals surface area contributed by atoms with Crippen LogP contribution in [0, 0.1) is 0 Å². The quantitative estimate of drug-likeness (QED) is 0.196. The second-order valence-electron chi connectivity index (χ2n) is 8.37. The van der Waals surface area contributed by atoms with Gasteiger partial charge in [-0.15, -0.1) is 0 Å². The zero-order valence-corrected chi connectivity index (χ0v) is 18.8. The van der Waals surface area contributed by atoms with Crippen molar-refractivity contribution in [3.63, 3.8) is 0 Å². The van der Waals surface area contributed by atoms with E-state index < -0.39 is 5.54 Å². The number of fused-ring (bicyclic) bond motifs is 1. The molecule has 0 bridgehead atoms. The molecule has 2 aromatic carbocycles. The highest BCUT2D eigenvalue weighted by molar-refractivity contribution is 6.30. The van der Waals surface area contributed by atoms with Crippen molar-refractivity contribution in [2.24, 2.45) is 15.2 Å². The molecule has 4 rings (SSSR count). The molecule has 1 aliphatic heterocycles. The number of benzene rings is 2. The molecule has 11 heteroatoms. The Kier molecular flexibility index (Phi) is 6.91. The fraction of sp³-hybridized carbons (Fsp3) is 0.409. The minimum absolute atomic E-state index is 0.000157. The number of nitrogens with zero attached hydrogens (tertiary/aromatic N) is 7. The monoisotopic (exact) mass is 464 g/mol. The van der Waals surface area contributed by atoms with Crippen molar-refractivity contribution in [1.82, 2.24) is 10.9 Å². The third-order valence-electron chi connectivity index (χ3n) is 6.28. The van der Waals surface area contributed by atoms with Gasteiger partial charge in [0.15, 0.2) is 0 Å². The van der Waals surface area contributed by atoms with Crippen LogP contribution in [0.4, 0.5) is 11.4 Å². The Hall–Kier alpha value is -3.42. The average Bonchev–Trinajstić information content (AvgIpc) is 2.84. The van der Waals surface area contributed by atoms with Crippen molar-refractivity contribution in [3.8, 4) is 0 Å². The molecule has 2 aliphatic rings. The number of para-hydroxylation sites is 2. The van der Waals surface area contributed by atoms with Crippen LogP contribution < -0.4 is 16.2 Å². The van der Waals surface area contributed by atoms with Gasteiger partial charge in [0.25, 0.3) is 0 Å². The summed E-state index contributed by atoms with van der Waals surface area (Å²) in [5, 5.41) is 11.8. The Bertz CT molecular complexity index is 1110. The van der Waals surface area contributed by atoms with E-state index in [1.807, 2.05) is 30.3 Å². The number of azide groups is 2. The average molecular weight is 465 g/mol. The van der Waals surface area contributed by atoms with Crippen molar-refractivity contribution < 1.29 is 0 Å². The lowest BCUT2D eigenvalue weighted by atomic mass is 9.79. The zero-order chi connectivity index (χ0) is 23.2. The number of hydrogen-bond donors (Lipinski definition) is 3. The molecule has 1 spiro atoms. The van der Waals surface area contributed by atoms with Crippen LogP contribution in [0.2, 0.25) is 5.02 Å². The van der Waals surface area contributed by atoms with E-state index in [-0.39, 0.29) is 18.6 Å². The molecule has 1 heterocycles. The first-order valence-corrected chi connectivity index (χ1v) is 11.3. The van der Waals surface area contributed by atoms with E-state index in [0.29, 0.717) is 5.02 Å². The Morgan fingerprint density at radius 3 is 2.45 bits per heavy atom. The molecule has 33 heavy (non-hydrogen) atoms. The second kappa shape index (κ2) is 10.0. The summed E-state index contributed by atoms with van der Waals surface area (Å²) in [5.41, 5.74) is 25.9. The Balaban J connectivity index is 1.73. The number of hydrazine groups is 1. The lowest BCUT2D eigenvalue weighted by Crippen LogP contribution is -2.63. The highest BCUT2D eigenvalue weighted by Crippen LogP contribution is 2.40. The van der Waals surface area contributed by atoms with E-state index in [4.69, 9.17) is 27.7 Å². The number of rotatable bonds is 7.